The Morgan fingerprint density at radius 1 is 1.40 bits per heavy atom. The standard InChI is InChI=1S/C10H13NO4/c12-6-5-11-8-3-1-2-4-9(8)15-7-10(13)14/h1-4,11-12H,5-7H2,(H,13,14). The van der Waals surface area contributed by atoms with Gasteiger partial charge in [-0.2, -0.15) is 0 Å². The van der Waals surface area contributed by atoms with Gasteiger partial charge in [0.25, 0.3) is 0 Å². The van der Waals surface area contributed by atoms with E-state index in [1.165, 1.54) is 0 Å². The van der Waals surface area contributed by atoms with Crippen molar-refractivity contribution in [3.63, 3.8) is 0 Å². The average molecular weight is 211 g/mol. The van der Waals surface area contributed by atoms with E-state index in [1.807, 2.05) is 0 Å². The Labute approximate surface area is 87.3 Å². The fraction of sp³-hybridized carbons (Fsp3) is 0.300. The summed E-state index contributed by atoms with van der Waals surface area (Å²) in [6.07, 6.45) is 0. The maximum atomic E-state index is 10.3. The molecular weight excluding hydrogens is 198 g/mol. The molecule has 0 aliphatic rings. The van der Waals surface area contributed by atoms with Crippen molar-refractivity contribution in [3.8, 4) is 5.75 Å². The maximum absolute atomic E-state index is 10.3. The number of aliphatic carboxylic acids is 1. The zero-order valence-corrected chi connectivity index (χ0v) is 8.14. The number of nitrogens with one attached hydrogen (secondary N) is 1. The van der Waals surface area contributed by atoms with Crippen LogP contribution >= 0.6 is 0 Å². The number of hydrogen-bond acceptors (Lipinski definition) is 4. The number of rotatable bonds is 6. The number of aliphatic hydroxyl groups excluding tert-OH is 1. The van der Waals surface area contributed by atoms with Crippen LogP contribution in [0.1, 0.15) is 0 Å². The third kappa shape index (κ3) is 3.86. The largest absolute Gasteiger partial charge is 0.480 e. The number of benzene rings is 1. The van der Waals surface area contributed by atoms with Crippen molar-refractivity contribution in [3.05, 3.63) is 24.3 Å². The van der Waals surface area contributed by atoms with E-state index in [0.717, 1.165) is 0 Å². The highest BCUT2D eigenvalue weighted by atomic mass is 16.5. The van der Waals surface area contributed by atoms with Crippen molar-refractivity contribution in [2.24, 2.45) is 0 Å². The van der Waals surface area contributed by atoms with Crippen molar-refractivity contribution >= 4 is 11.7 Å². The summed E-state index contributed by atoms with van der Waals surface area (Å²) in [7, 11) is 0. The van der Waals surface area contributed by atoms with E-state index in [9.17, 15) is 4.79 Å². The highest BCUT2D eigenvalue weighted by Crippen LogP contribution is 2.23. The molecule has 0 amide bonds. The van der Waals surface area contributed by atoms with E-state index >= 15 is 0 Å². The molecule has 1 aromatic rings. The normalized spacial score (nSPS) is 9.67. The highest BCUT2D eigenvalue weighted by Gasteiger charge is 2.03. The van der Waals surface area contributed by atoms with Gasteiger partial charge in [-0.15, -0.1) is 0 Å². The first-order valence-corrected chi connectivity index (χ1v) is 4.52. The minimum Gasteiger partial charge on any atom is -0.480 e. The van der Waals surface area contributed by atoms with Gasteiger partial charge in [-0.05, 0) is 12.1 Å². The molecule has 0 fully saturated rings. The Morgan fingerprint density at radius 2 is 2.13 bits per heavy atom. The topological polar surface area (TPSA) is 78.8 Å². The fourth-order valence-electron chi connectivity index (χ4n) is 1.07. The van der Waals surface area contributed by atoms with Gasteiger partial charge >= 0.3 is 5.97 Å². The lowest BCUT2D eigenvalue weighted by Gasteiger charge is -2.10. The Kier molecular flexibility index (Phi) is 4.43. The molecule has 1 rings (SSSR count). The van der Waals surface area contributed by atoms with Gasteiger partial charge in [-0.3, -0.25) is 0 Å². The van der Waals surface area contributed by atoms with Crippen LogP contribution in [0.4, 0.5) is 5.69 Å². The lowest BCUT2D eigenvalue weighted by atomic mass is 10.3. The van der Waals surface area contributed by atoms with Gasteiger partial charge in [0.05, 0.1) is 12.3 Å². The van der Waals surface area contributed by atoms with Crippen molar-refractivity contribution in [2.45, 2.75) is 0 Å². The van der Waals surface area contributed by atoms with E-state index in [-0.39, 0.29) is 13.2 Å². The lowest BCUT2D eigenvalue weighted by Crippen LogP contribution is -2.12. The molecule has 0 saturated heterocycles. The van der Waals surface area contributed by atoms with Crippen LogP contribution in [0.15, 0.2) is 24.3 Å². The predicted molar refractivity (Wildman–Crippen MR) is 55.1 cm³/mol. The van der Waals surface area contributed by atoms with Crippen molar-refractivity contribution in [1.82, 2.24) is 0 Å². The molecule has 0 heterocycles. The molecule has 1 aromatic carbocycles. The number of carboxylic acid groups (broad SMARTS) is 1. The van der Waals surface area contributed by atoms with Gasteiger partial charge in [-0.1, -0.05) is 12.1 Å². The second-order valence-corrected chi connectivity index (χ2v) is 2.83. The molecule has 5 nitrogen and oxygen atoms in total. The predicted octanol–water partition coefficient (Wildman–Crippen LogP) is 0.554. The zero-order valence-electron chi connectivity index (χ0n) is 8.14. The second-order valence-electron chi connectivity index (χ2n) is 2.83. The van der Waals surface area contributed by atoms with Crippen LogP contribution in [-0.4, -0.2) is 35.9 Å². The van der Waals surface area contributed by atoms with Crippen molar-refractivity contribution in [1.29, 1.82) is 0 Å². The van der Waals surface area contributed by atoms with Gasteiger partial charge in [0, 0.05) is 6.54 Å². The quantitative estimate of drug-likeness (QED) is 0.640. The molecule has 0 saturated carbocycles. The maximum Gasteiger partial charge on any atom is 0.341 e. The van der Waals surface area contributed by atoms with Gasteiger partial charge in [0.2, 0.25) is 0 Å². The monoisotopic (exact) mass is 211 g/mol. The summed E-state index contributed by atoms with van der Waals surface area (Å²) in [5.74, 6) is -0.555. The first-order valence-electron chi connectivity index (χ1n) is 4.52. The second kappa shape index (κ2) is 5.87. The third-order valence-corrected chi connectivity index (χ3v) is 1.67. The Bertz CT molecular complexity index is 327. The van der Waals surface area contributed by atoms with E-state index in [0.29, 0.717) is 18.0 Å². The SMILES string of the molecule is O=C(O)COc1ccccc1NCCO. The summed E-state index contributed by atoms with van der Waals surface area (Å²) < 4.78 is 5.05. The van der Waals surface area contributed by atoms with Crippen LogP contribution in [0.5, 0.6) is 5.75 Å². The van der Waals surface area contributed by atoms with Gasteiger partial charge in [0.15, 0.2) is 6.61 Å². The minimum absolute atomic E-state index is 0.00721. The average Bonchev–Trinajstić information content (AvgIpc) is 2.24. The van der Waals surface area contributed by atoms with Crippen LogP contribution in [-0.2, 0) is 4.79 Å². The first kappa shape index (κ1) is 11.3. The van der Waals surface area contributed by atoms with Crippen LogP contribution in [0.3, 0.4) is 0 Å². The van der Waals surface area contributed by atoms with E-state index in [4.69, 9.17) is 14.9 Å². The highest BCUT2D eigenvalue weighted by molar-refractivity contribution is 5.69. The van der Waals surface area contributed by atoms with E-state index in [2.05, 4.69) is 5.32 Å². The molecule has 0 aliphatic carbocycles. The summed E-state index contributed by atoms with van der Waals surface area (Å²) in [4.78, 5) is 10.3. The molecule has 0 bridgehead atoms. The van der Waals surface area contributed by atoms with Gasteiger partial charge in [-0.25, -0.2) is 4.79 Å². The zero-order chi connectivity index (χ0) is 11.1. The molecule has 5 heteroatoms. The first-order chi connectivity index (χ1) is 7.24. The summed E-state index contributed by atoms with van der Waals surface area (Å²) in [5.41, 5.74) is 0.674. The molecule has 15 heavy (non-hydrogen) atoms. The number of aliphatic hydroxyl groups is 1. The van der Waals surface area contributed by atoms with Crippen molar-refractivity contribution < 1.29 is 19.7 Å². The summed E-state index contributed by atoms with van der Waals surface area (Å²) in [6.45, 7) is 0.0263. The van der Waals surface area contributed by atoms with Crippen LogP contribution < -0.4 is 10.1 Å². The molecule has 0 aromatic heterocycles. The lowest BCUT2D eigenvalue weighted by molar-refractivity contribution is -0.139. The van der Waals surface area contributed by atoms with Crippen LogP contribution in [0.25, 0.3) is 0 Å². The van der Waals surface area contributed by atoms with Crippen LogP contribution in [0.2, 0.25) is 0 Å². The number of para-hydroxylation sites is 2. The fourth-order valence-corrected chi connectivity index (χ4v) is 1.07. The summed E-state index contributed by atoms with van der Waals surface area (Å²) >= 11 is 0. The molecule has 0 atom stereocenters. The van der Waals surface area contributed by atoms with Crippen LogP contribution in [0, 0.1) is 0 Å². The minimum atomic E-state index is -1.02. The summed E-state index contributed by atoms with van der Waals surface area (Å²) in [5, 5.41) is 20.0. The Balaban J connectivity index is 2.63. The van der Waals surface area contributed by atoms with E-state index < -0.39 is 5.97 Å². The van der Waals surface area contributed by atoms with Gasteiger partial charge in [0.1, 0.15) is 5.75 Å². The molecule has 0 radical (unpaired) electrons. The molecule has 0 unspecified atom stereocenters. The Hall–Kier alpha value is -1.75. The number of carbonyl (C=O) groups is 1. The number of hydrogen-bond donors (Lipinski definition) is 3. The Morgan fingerprint density at radius 3 is 2.80 bits per heavy atom. The van der Waals surface area contributed by atoms with Gasteiger partial charge < -0.3 is 20.3 Å². The number of anilines is 1. The van der Waals surface area contributed by atoms with Crippen molar-refractivity contribution in [2.75, 3.05) is 25.1 Å². The molecule has 82 valence electrons. The number of carboxylic acids is 1. The van der Waals surface area contributed by atoms with E-state index in [1.54, 1.807) is 24.3 Å². The third-order valence-electron chi connectivity index (χ3n) is 1.67. The smallest absolute Gasteiger partial charge is 0.341 e. The molecule has 0 aliphatic heterocycles. The molecule has 0 spiro atoms. The number of ether oxygens (including phenoxy) is 1. The molecular formula is C10H13NO4. The summed E-state index contributed by atoms with van der Waals surface area (Å²) in [6, 6.07) is 6.98. The molecule has 3 N–H and O–H groups in total.